The first-order valence-electron chi connectivity index (χ1n) is 6.92. The van der Waals surface area contributed by atoms with Crippen molar-refractivity contribution in [2.24, 2.45) is 5.92 Å². The Morgan fingerprint density at radius 3 is 2.86 bits per heavy atom. The van der Waals surface area contributed by atoms with Crippen molar-refractivity contribution in [1.82, 2.24) is 4.31 Å². The monoisotopic (exact) mass is 378 g/mol. The number of benzene rings is 1. The molecular formula is C14H20BrFN2O2S. The maximum atomic E-state index is 13.6. The summed E-state index contributed by atoms with van der Waals surface area (Å²) in [5, 5.41) is 3.24. The van der Waals surface area contributed by atoms with Crippen LogP contribution in [0.15, 0.2) is 16.6 Å². The molecule has 1 aromatic carbocycles. The van der Waals surface area contributed by atoms with Gasteiger partial charge in [0.1, 0.15) is 5.82 Å². The van der Waals surface area contributed by atoms with Crippen LogP contribution in [0.25, 0.3) is 0 Å². The molecule has 2 rings (SSSR count). The van der Waals surface area contributed by atoms with Crippen LogP contribution in [0.1, 0.15) is 18.4 Å². The maximum Gasteiger partial charge on any atom is 0.211 e. The Balaban J connectivity index is 1.98. The zero-order valence-electron chi connectivity index (χ0n) is 12.2. The molecule has 1 aliphatic rings. The van der Waals surface area contributed by atoms with E-state index >= 15 is 0 Å². The lowest BCUT2D eigenvalue weighted by Crippen LogP contribution is -2.41. The number of halogens is 2. The lowest BCUT2D eigenvalue weighted by molar-refractivity contribution is 0.277. The van der Waals surface area contributed by atoms with E-state index < -0.39 is 10.0 Å². The minimum absolute atomic E-state index is 0.250. The predicted octanol–water partition coefficient (Wildman–Crippen LogP) is 2.98. The topological polar surface area (TPSA) is 49.4 Å². The first-order chi connectivity index (χ1) is 9.77. The van der Waals surface area contributed by atoms with Crippen LogP contribution in [0.5, 0.6) is 0 Å². The van der Waals surface area contributed by atoms with Gasteiger partial charge < -0.3 is 5.32 Å². The molecule has 4 nitrogen and oxygen atoms in total. The summed E-state index contributed by atoms with van der Waals surface area (Å²) in [4.78, 5) is 0. The van der Waals surface area contributed by atoms with Gasteiger partial charge in [-0.2, -0.15) is 0 Å². The van der Waals surface area contributed by atoms with Gasteiger partial charge in [0.05, 0.1) is 10.7 Å². The molecule has 1 aromatic rings. The number of aryl methyl sites for hydroxylation is 1. The number of hydrogen-bond donors (Lipinski definition) is 1. The summed E-state index contributed by atoms with van der Waals surface area (Å²) in [6, 6.07) is 3.21. The van der Waals surface area contributed by atoms with Crippen LogP contribution >= 0.6 is 15.9 Å². The van der Waals surface area contributed by atoms with E-state index in [2.05, 4.69) is 21.2 Å². The molecule has 1 N–H and O–H groups in total. The minimum atomic E-state index is -3.12. The van der Waals surface area contributed by atoms with Crippen molar-refractivity contribution in [2.75, 3.05) is 31.2 Å². The molecule has 1 heterocycles. The van der Waals surface area contributed by atoms with Crippen LogP contribution in [0, 0.1) is 18.7 Å². The molecule has 0 radical (unpaired) electrons. The Morgan fingerprint density at radius 2 is 2.19 bits per heavy atom. The maximum absolute atomic E-state index is 13.6. The summed E-state index contributed by atoms with van der Waals surface area (Å²) in [7, 11) is -3.12. The number of nitrogens with zero attached hydrogens (tertiary/aromatic N) is 1. The van der Waals surface area contributed by atoms with Gasteiger partial charge in [0.2, 0.25) is 10.0 Å². The van der Waals surface area contributed by atoms with Crippen molar-refractivity contribution in [3.63, 3.8) is 0 Å². The lowest BCUT2D eigenvalue weighted by atomic mass is 9.99. The molecule has 1 aliphatic heterocycles. The van der Waals surface area contributed by atoms with Crippen molar-refractivity contribution >= 4 is 31.6 Å². The van der Waals surface area contributed by atoms with Crippen molar-refractivity contribution in [3.05, 3.63) is 28.0 Å². The third-order valence-electron chi connectivity index (χ3n) is 3.80. The number of anilines is 1. The fraction of sp³-hybridized carbons (Fsp3) is 0.571. The predicted molar refractivity (Wildman–Crippen MR) is 86.5 cm³/mol. The molecule has 0 aromatic heterocycles. The van der Waals surface area contributed by atoms with Crippen LogP contribution in [-0.2, 0) is 10.0 Å². The molecule has 1 saturated heterocycles. The second-order valence-electron chi connectivity index (χ2n) is 5.59. The van der Waals surface area contributed by atoms with E-state index in [1.54, 1.807) is 6.07 Å². The average molecular weight is 379 g/mol. The number of nitrogens with one attached hydrogen (secondary N) is 1. The van der Waals surface area contributed by atoms with Gasteiger partial charge in [0.25, 0.3) is 0 Å². The molecule has 7 heteroatoms. The van der Waals surface area contributed by atoms with E-state index in [1.807, 2.05) is 6.92 Å². The van der Waals surface area contributed by atoms with Gasteiger partial charge in [-0.25, -0.2) is 17.1 Å². The summed E-state index contributed by atoms with van der Waals surface area (Å²) >= 11 is 3.16. The van der Waals surface area contributed by atoms with Gasteiger partial charge in [-0.05, 0) is 59.3 Å². The van der Waals surface area contributed by atoms with Crippen LogP contribution < -0.4 is 5.32 Å². The van der Waals surface area contributed by atoms with Gasteiger partial charge in [0.15, 0.2) is 0 Å². The highest BCUT2D eigenvalue weighted by Gasteiger charge is 2.25. The fourth-order valence-corrected chi connectivity index (χ4v) is 3.99. The Morgan fingerprint density at radius 1 is 1.48 bits per heavy atom. The lowest BCUT2D eigenvalue weighted by Gasteiger charge is -2.31. The molecule has 0 aliphatic carbocycles. The molecule has 1 atom stereocenters. The molecule has 1 unspecified atom stereocenters. The second kappa shape index (κ2) is 6.62. The van der Waals surface area contributed by atoms with E-state index in [0.29, 0.717) is 24.1 Å². The van der Waals surface area contributed by atoms with E-state index in [-0.39, 0.29) is 11.7 Å². The first-order valence-corrected chi connectivity index (χ1v) is 9.56. The van der Waals surface area contributed by atoms with Gasteiger partial charge >= 0.3 is 0 Å². The van der Waals surface area contributed by atoms with Crippen LogP contribution in [0.2, 0.25) is 0 Å². The van der Waals surface area contributed by atoms with Crippen molar-refractivity contribution in [1.29, 1.82) is 0 Å². The summed E-state index contributed by atoms with van der Waals surface area (Å²) < 4.78 is 38.7. The molecule has 0 saturated carbocycles. The quantitative estimate of drug-likeness (QED) is 0.875. The van der Waals surface area contributed by atoms with Gasteiger partial charge in [-0.15, -0.1) is 0 Å². The van der Waals surface area contributed by atoms with Crippen LogP contribution in [0.4, 0.5) is 10.1 Å². The molecule has 118 valence electrons. The molecule has 21 heavy (non-hydrogen) atoms. The summed E-state index contributed by atoms with van der Waals surface area (Å²) in [5.74, 6) is -0.0518. The third kappa shape index (κ3) is 4.40. The minimum Gasteiger partial charge on any atom is -0.384 e. The van der Waals surface area contributed by atoms with Crippen molar-refractivity contribution in [2.45, 2.75) is 19.8 Å². The Labute approximate surface area is 133 Å². The largest absolute Gasteiger partial charge is 0.384 e. The molecular weight excluding hydrogens is 359 g/mol. The number of piperidine rings is 1. The SMILES string of the molecule is Cc1cc(Br)c(F)cc1NCC1CCCN(S(C)(=O)=O)C1. The second-order valence-corrected chi connectivity index (χ2v) is 8.43. The zero-order valence-corrected chi connectivity index (χ0v) is 14.6. The van der Waals surface area contributed by atoms with Crippen molar-refractivity contribution < 1.29 is 12.8 Å². The van der Waals surface area contributed by atoms with E-state index in [9.17, 15) is 12.8 Å². The van der Waals surface area contributed by atoms with Crippen molar-refractivity contribution in [3.8, 4) is 0 Å². The highest BCUT2D eigenvalue weighted by molar-refractivity contribution is 9.10. The number of rotatable bonds is 4. The average Bonchev–Trinajstić information content (AvgIpc) is 2.41. The summed E-state index contributed by atoms with van der Waals surface area (Å²) in [5.41, 5.74) is 1.71. The van der Waals surface area contributed by atoms with Crippen LogP contribution in [-0.4, -0.2) is 38.6 Å². The van der Waals surface area contributed by atoms with Gasteiger partial charge in [-0.1, -0.05) is 0 Å². The van der Waals surface area contributed by atoms with Gasteiger partial charge in [-0.3, -0.25) is 0 Å². The number of sulfonamides is 1. The first kappa shape index (κ1) is 16.7. The Bertz CT molecular complexity index is 622. The standard InChI is InChI=1S/C14H20BrFN2O2S/c1-10-6-12(15)13(16)7-14(10)17-8-11-4-3-5-18(9-11)21(2,19)20/h6-7,11,17H,3-5,8-9H2,1-2H3. The molecule has 0 spiro atoms. The Kier molecular flexibility index (Phi) is 5.27. The molecule has 1 fully saturated rings. The van der Waals surface area contributed by atoms with Crippen LogP contribution in [0.3, 0.4) is 0 Å². The third-order valence-corrected chi connectivity index (χ3v) is 5.68. The highest BCUT2D eigenvalue weighted by Crippen LogP contribution is 2.25. The van der Waals surface area contributed by atoms with E-state index in [1.165, 1.54) is 16.6 Å². The van der Waals surface area contributed by atoms with Gasteiger partial charge in [0, 0.05) is 25.3 Å². The summed E-state index contributed by atoms with van der Waals surface area (Å²) in [6.07, 6.45) is 3.10. The molecule has 0 bridgehead atoms. The highest BCUT2D eigenvalue weighted by atomic mass is 79.9. The normalized spacial score (nSPS) is 20.5. The summed E-state index contributed by atoms with van der Waals surface area (Å²) in [6.45, 7) is 3.69. The smallest absolute Gasteiger partial charge is 0.211 e. The fourth-order valence-electron chi connectivity index (χ4n) is 2.59. The van der Waals surface area contributed by atoms with E-state index in [4.69, 9.17) is 0 Å². The molecule has 0 amide bonds. The van der Waals surface area contributed by atoms with E-state index in [0.717, 1.165) is 24.1 Å². The zero-order chi connectivity index (χ0) is 15.6. The Hall–Kier alpha value is -0.660. The number of hydrogen-bond acceptors (Lipinski definition) is 3.